The van der Waals surface area contributed by atoms with Crippen LogP contribution in [0.3, 0.4) is 0 Å². The molecule has 15 heavy (non-hydrogen) atoms. The van der Waals surface area contributed by atoms with E-state index in [1.54, 1.807) is 18.0 Å². The number of amides is 1. The number of hydrogen-bond acceptors (Lipinski definition) is 3. The van der Waals surface area contributed by atoms with Gasteiger partial charge in [-0.05, 0) is 17.7 Å². The van der Waals surface area contributed by atoms with E-state index in [0.717, 1.165) is 11.3 Å². The number of anilines is 1. The van der Waals surface area contributed by atoms with Gasteiger partial charge in [-0.1, -0.05) is 17.7 Å². The molecule has 0 heterocycles. The fraction of sp³-hybridized carbons (Fsp3) is 0.300. The quantitative estimate of drug-likeness (QED) is 0.796. The Bertz CT molecular complexity index is 368. The van der Waals surface area contributed by atoms with Crippen molar-refractivity contribution < 1.29 is 4.79 Å². The average molecular weight is 228 g/mol. The molecule has 0 saturated heterocycles. The molecule has 0 unspecified atom stereocenters. The van der Waals surface area contributed by atoms with Crippen molar-refractivity contribution in [2.24, 2.45) is 11.5 Å². The summed E-state index contributed by atoms with van der Waals surface area (Å²) in [5.41, 5.74) is 12.3. The van der Waals surface area contributed by atoms with Crippen LogP contribution in [0, 0.1) is 0 Å². The maximum Gasteiger partial charge on any atom is 0.236 e. The number of rotatable bonds is 4. The zero-order chi connectivity index (χ0) is 11.4. The summed E-state index contributed by atoms with van der Waals surface area (Å²) in [6, 6.07) is 5.47. The van der Waals surface area contributed by atoms with Crippen molar-refractivity contribution in [3.63, 3.8) is 0 Å². The molecule has 0 bridgehead atoms. The topological polar surface area (TPSA) is 72.3 Å². The van der Waals surface area contributed by atoms with E-state index in [2.05, 4.69) is 0 Å². The molecule has 82 valence electrons. The Kier molecular flexibility index (Phi) is 3.94. The van der Waals surface area contributed by atoms with Gasteiger partial charge in [-0.15, -0.1) is 0 Å². The van der Waals surface area contributed by atoms with Gasteiger partial charge in [0.1, 0.15) is 0 Å². The number of carbonyl (C=O) groups is 1. The Morgan fingerprint density at radius 2 is 2.20 bits per heavy atom. The zero-order valence-electron chi connectivity index (χ0n) is 8.53. The van der Waals surface area contributed by atoms with Crippen molar-refractivity contribution in [1.82, 2.24) is 0 Å². The SMILES string of the molecule is CN(CC(N)=O)c1ccc(CN)c(Cl)c1. The first-order valence-electron chi connectivity index (χ1n) is 4.52. The van der Waals surface area contributed by atoms with Crippen LogP contribution in [0.5, 0.6) is 0 Å². The number of likely N-dealkylation sites (N-methyl/N-ethyl adjacent to an activating group) is 1. The number of benzene rings is 1. The van der Waals surface area contributed by atoms with E-state index in [9.17, 15) is 4.79 Å². The summed E-state index contributed by atoms with van der Waals surface area (Å²) in [6.45, 7) is 0.566. The minimum Gasteiger partial charge on any atom is -0.368 e. The van der Waals surface area contributed by atoms with Crippen molar-refractivity contribution in [3.05, 3.63) is 28.8 Å². The molecule has 0 spiro atoms. The maximum atomic E-state index is 10.7. The molecule has 4 nitrogen and oxygen atoms in total. The van der Waals surface area contributed by atoms with Gasteiger partial charge in [0.25, 0.3) is 0 Å². The Morgan fingerprint density at radius 3 is 2.67 bits per heavy atom. The van der Waals surface area contributed by atoms with E-state index in [4.69, 9.17) is 23.1 Å². The fourth-order valence-electron chi connectivity index (χ4n) is 1.26. The highest BCUT2D eigenvalue weighted by Crippen LogP contribution is 2.22. The third kappa shape index (κ3) is 3.11. The monoisotopic (exact) mass is 227 g/mol. The lowest BCUT2D eigenvalue weighted by Gasteiger charge is -2.18. The second-order valence-corrected chi connectivity index (χ2v) is 3.71. The molecular weight excluding hydrogens is 214 g/mol. The molecule has 1 rings (SSSR count). The van der Waals surface area contributed by atoms with Crippen LogP contribution in [0.15, 0.2) is 18.2 Å². The van der Waals surface area contributed by atoms with E-state index in [0.29, 0.717) is 11.6 Å². The Labute approximate surface area is 93.8 Å². The van der Waals surface area contributed by atoms with Gasteiger partial charge in [-0.3, -0.25) is 4.79 Å². The molecule has 0 atom stereocenters. The predicted octanol–water partition coefficient (Wildman–Crippen LogP) is 0.720. The van der Waals surface area contributed by atoms with Crippen LogP contribution in [-0.2, 0) is 11.3 Å². The van der Waals surface area contributed by atoms with Crippen LogP contribution >= 0.6 is 11.6 Å². The summed E-state index contributed by atoms with van der Waals surface area (Å²) in [5, 5.41) is 0.603. The summed E-state index contributed by atoms with van der Waals surface area (Å²) in [5.74, 6) is -0.378. The normalized spacial score (nSPS) is 10.1. The highest BCUT2D eigenvalue weighted by Gasteiger charge is 2.06. The number of hydrogen-bond donors (Lipinski definition) is 2. The minimum absolute atomic E-state index is 0.165. The molecule has 4 N–H and O–H groups in total. The molecule has 0 saturated carbocycles. The lowest BCUT2D eigenvalue weighted by molar-refractivity contribution is -0.116. The Morgan fingerprint density at radius 1 is 1.53 bits per heavy atom. The lowest BCUT2D eigenvalue weighted by atomic mass is 10.2. The maximum absolute atomic E-state index is 10.7. The molecule has 1 aromatic carbocycles. The van der Waals surface area contributed by atoms with Crippen molar-refractivity contribution >= 4 is 23.2 Å². The van der Waals surface area contributed by atoms with Gasteiger partial charge in [0.05, 0.1) is 6.54 Å². The van der Waals surface area contributed by atoms with E-state index in [-0.39, 0.29) is 12.5 Å². The number of primary amides is 1. The first-order valence-corrected chi connectivity index (χ1v) is 4.90. The smallest absolute Gasteiger partial charge is 0.236 e. The number of carbonyl (C=O) groups excluding carboxylic acids is 1. The molecule has 0 aliphatic heterocycles. The van der Waals surface area contributed by atoms with E-state index < -0.39 is 0 Å². The first kappa shape index (κ1) is 11.8. The van der Waals surface area contributed by atoms with Gasteiger partial charge in [-0.25, -0.2) is 0 Å². The molecule has 0 aromatic heterocycles. The molecule has 0 radical (unpaired) electrons. The standard InChI is InChI=1S/C10H14ClN3O/c1-14(6-10(13)15)8-3-2-7(5-12)9(11)4-8/h2-4H,5-6,12H2,1H3,(H2,13,15). The molecular formula is C10H14ClN3O. The molecule has 0 aliphatic rings. The summed E-state index contributed by atoms with van der Waals surface area (Å²) >= 11 is 5.99. The average Bonchev–Trinajstić information content (AvgIpc) is 2.16. The third-order valence-electron chi connectivity index (χ3n) is 2.09. The van der Waals surface area contributed by atoms with E-state index in [1.807, 2.05) is 12.1 Å². The van der Waals surface area contributed by atoms with Crippen molar-refractivity contribution in [1.29, 1.82) is 0 Å². The predicted molar refractivity (Wildman–Crippen MR) is 61.8 cm³/mol. The summed E-state index contributed by atoms with van der Waals surface area (Å²) in [7, 11) is 1.78. The largest absolute Gasteiger partial charge is 0.368 e. The van der Waals surface area contributed by atoms with Gasteiger partial charge < -0.3 is 16.4 Å². The third-order valence-corrected chi connectivity index (χ3v) is 2.44. The number of nitrogens with two attached hydrogens (primary N) is 2. The molecule has 0 fully saturated rings. The van der Waals surface area contributed by atoms with Gasteiger partial charge in [-0.2, -0.15) is 0 Å². The van der Waals surface area contributed by atoms with Crippen LogP contribution in [0.25, 0.3) is 0 Å². The molecule has 1 aromatic rings. The summed E-state index contributed by atoms with van der Waals surface area (Å²) < 4.78 is 0. The molecule has 1 amide bonds. The minimum atomic E-state index is -0.378. The van der Waals surface area contributed by atoms with Crippen molar-refractivity contribution in [2.75, 3.05) is 18.5 Å². The van der Waals surface area contributed by atoms with Crippen molar-refractivity contribution in [3.8, 4) is 0 Å². The van der Waals surface area contributed by atoms with E-state index in [1.165, 1.54) is 0 Å². The second-order valence-electron chi connectivity index (χ2n) is 3.30. The van der Waals surface area contributed by atoms with Gasteiger partial charge >= 0.3 is 0 Å². The molecule has 0 aliphatic carbocycles. The highest BCUT2D eigenvalue weighted by molar-refractivity contribution is 6.31. The van der Waals surface area contributed by atoms with Gasteiger partial charge in [0.2, 0.25) is 5.91 Å². The highest BCUT2D eigenvalue weighted by atomic mass is 35.5. The Balaban J connectivity index is 2.87. The second kappa shape index (κ2) is 5.00. The van der Waals surface area contributed by atoms with Crippen LogP contribution in [0.2, 0.25) is 5.02 Å². The summed E-state index contributed by atoms with van der Waals surface area (Å²) in [6.07, 6.45) is 0. The number of nitrogens with zero attached hydrogens (tertiary/aromatic N) is 1. The van der Waals surface area contributed by atoms with E-state index >= 15 is 0 Å². The number of halogens is 1. The van der Waals surface area contributed by atoms with Gasteiger partial charge in [0, 0.05) is 24.3 Å². The lowest BCUT2D eigenvalue weighted by Crippen LogP contribution is -2.30. The van der Waals surface area contributed by atoms with Crippen LogP contribution in [0.4, 0.5) is 5.69 Å². The molecule has 5 heteroatoms. The Hall–Kier alpha value is -1.26. The van der Waals surface area contributed by atoms with Crippen LogP contribution in [0.1, 0.15) is 5.56 Å². The van der Waals surface area contributed by atoms with Gasteiger partial charge in [0.15, 0.2) is 0 Å². The summed E-state index contributed by atoms with van der Waals surface area (Å²) in [4.78, 5) is 12.4. The zero-order valence-corrected chi connectivity index (χ0v) is 9.29. The van der Waals surface area contributed by atoms with Crippen LogP contribution in [-0.4, -0.2) is 19.5 Å². The van der Waals surface area contributed by atoms with Crippen LogP contribution < -0.4 is 16.4 Å². The van der Waals surface area contributed by atoms with Crippen molar-refractivity contribution in [2.45, 2.75) is 6.54 Å². The first-order chi connectivity index (χ1) is 7.04. The fourth-order valence-corrected chi connectivity index (χ4v) is 1.52.